The maximum Gasteiger partial charge on any atom is 0.251 e. The molecule has 4 heteroatoms. The second-order valence-electron chi connectivity index (χ2n) is 4.78. The molecule has 0 aliphatic heterocycles. The Morgan fingerprint density at radius 2 is 1.76 bits per heavy atom. The zero-order chi connectivity index (χ0) is 15.2. The van der Waals surface area contributed by atoms with Crippen LogP contribution in [0.1, 0.15) is 23.7 Å². The minimum absolute atomic E-state index is 0.133. The Morgan fingerprint density at radius 3 is 2.33 bits per heavy atom. The van der Waals surface area contributed by atoms with Crippen LogP contribution < -0.4 is 10.6 Å². The summed E-state index contributed by atoms with van der Waals surface area (Å²) in [6.07, 6.45) is 0.947. The third-order valence-electron chi connectivity index (χ3n) is 3.24. The van der Waals surface area contributed by atoms with Gasteiger partial charge in [0.05, 0.1) is 5.69 Å². The molecule has 0 fully saturated rings. The van der Waals surface area contributed by atoms with Crippen LogP contribution in [-0.2, 0) is 0 Å². The lowest BCUT2D eigenvalue weighted by Gasteiger charge is -2.09. The summed E-state index contributed by atoms with van der Waals surface area (Å²) in [5.74, 6) is -0.400. The Hall–Kier alpha value is -2.36. The van der Waals surface area contributed by atoms with Crippen molar-refractivity contribution in [3.8, 4) is 11.1 Å². The average molecular weight is 286 g/mol. The number of amides is 1. The van der Waals surface area contributed by atoms with Crippen LogP contribution in [0.4, 0.5) is 10.1 Å². The largest absolute Gasteiger partial charge is 0.383 e. The van der Waals surface area contributed by atoms with E-state index >= 15 is 0 Å². The SMILES string of the molecule is CCCNc1ccc(-c2ccc(C(=O)NC)cc2)cc1F. The summed E-state index contributed by atoms with van der Waals surface area (Å²) in [4.78, 5) is 11.5. The fourth-order valence-electron chi connectivity index (χ4n) is 2.06. The maximum atomic E-state index is 14.0. The molecule has 0 spiro atoms. The van der Waals surface area contributed by atoms with Gasteiger partial charge in [-0.3, -0.25) is 4.79 Å². The molecule has 2 rings (SSSR count). The molecule has 0 saturated heterocycles. The van der Waals surface area contributed by atoms with Crippen LogP contribution in [0.2, 0.25) is 0 Å². The molecule has 0 saturated carbocycles. The first-order chi connectivity index (χ1) is 10.2. The van der Waals surface area contributed by atoms with Crippen molar-refractivity contribution in [3.63, 3.8) is 0 Å². The molecular formula is C17H19FN2O. The summed E-state index contributed by atoms with van der Waals surface area (Å²) in [6.45, 7) is 2.78. The third-order valence-corrected chi connectivity index (χ3v) is 3.24. The topological polar surface area (TPSA) is 41.1 Å². The molecule has 0 aromatic heterocycles. The molecule has 0 heterocycles. The van der Waals surface area contributed by atoms with Gasteiger partial charge in [0.1, 0.15) is 5.82 Å². The van der Waals surface area contributed by atoms with E-state index in [-0.39, 0.29) is 11.7 Å². The minimum Gasteiger partial charge on any atom is -0.383 e. The van der Waals surface area contributed by atoms with Gasteiger partial charge >= 0.3 is 0 Å². The predicted molar refractivity (Wildman–Crippen MR) is 84.0 cm³/mol. The monoisotopic (exact) mass is 286 g/mol. The number of anilines is 1. The number of rotatable bonds is 5. The van der Waals surface area contributed by atoms with Crippen LogP contribution in [0.15, 0.2) is 42.5 Å². The first-order valence-corrected chi connectivity index (χ1v) is 7.01. The molecule has 0 aliphatic rings. The lowest BCUT2D eigenvalue weighted by Crippen LogP contribution is -2.17. The summed E-state index contributed by atoms with van der Waals surface area (Å²) in [5, 5.41) is 5.61. The summed E-state index contributed by atoms with van der Waals surface area (Å²) < 4.78 is 14.0. The van der Waals surface area contributed by atoms with Crippen LogP contribution in [0.3, 0.4) is 0 Å². The molecule has 0 unspecified atom stereocenters. The molecule has 2 N–H and O–H groups in total. The highest BCUT2D eigenvalue weighted by Crippen LogP contribution is 2.24. The predicted octanol–water partition coefficient (Wildman–Crippen LogP) is 3.67. The van der Waals surface area contributed by atoms with Crippen molar-refractivity contribution < 1.29 is 9.18 Å². The third kappa shape index (κ3) is 3.60. The normalized spacial score (nSPS) is 10.2. The Morgan fingerprint density at radius 1 is 1.10 bits per heavy atom. The second-order valence-corrected chi connectivity index (χ2v) is 4.78. The molecule has 0 aliphatic carbocycles. The van der Waals surface area contributed by atoms with Crippen LogP contribution in [-0.4, -0.2) is 19.5 Å². The smallest absolute Gasteiger partial charge is 0.251 e. The van der Waals surface area contributed by atoms with E-state index in [1.807, 2.05) is 25.1 Å². The number of carbonyl (C=O) groups is 1. The zero-order valence-electron chi connectivity index (χ0n) is 12.2. The Kier molecular flexibility index (Phi) is 4.93. The minimum atomic E-state index is -0.267. The molecular weight excluding hydrogens is 267 g/mol. The Labute approximate surface area is 124 Å². The van der Waals surface area contributed by atoms with Gasteiger partial charge < -0.3 is 10.6 Å². The number of carbonyl (C=O) groups excluding carboxylic acids is 1. The quantitative estimate of drug-likeness (QED) is 0.880. The summed E-state index contributed by atoms with van der Waals surface area (Å²) in [5.41, 5.74) is 2.77. The number of benzene rings is 2. The maximum absolute atomic E-state index is 14.0. The van der Waals surface area contributed by atoms with E-state index in [1.54, 1.807) is 25.2 Å². The Bertz CT molecular complexity index is 623. The lowest BCUT2D eigenvalue weighted by atomic mass is 10.0. The van der Waals surface area contributed by atoms with Crippen molar-refractivity contribution >= 4 is 11.6 Å². The van der Waals surface area contributed by atoms with Gasteiger partial charge in [-0.15, -0.1) is 0 Å². The molecule has 0 radical (unpaired) electrons. The second kappa shape index (κ2) is 6.88. The van der Waals surface area contributed by atoms with Crippen molar-refractivity contribution in [3.05, 3.63) is 53.8 Å². The fourth-order valence-corrected chi connectivity index (χ4v) is 2.06. The van der Waals surface area contributed by atoms with Crippen molar-refractivity contribution in [2.45, 2.75) is 13.3 Å². The molecule has 2 aromatic rings. The van der Waals surface area contributed by atoms with Gasteiger partial charge in [-0.2, -0.15) is 0 Å². The number of hydrogen-bond acceptors (Lipinski definition) is 2. The first kappa shape index (κ1) is 15.0. The molecule has 0 bridgehead atoms. The van der Waals surface area contributed by atoms with Gasteiger partial charge in [-0.05, 0) is 41.8 Å². The van der Waals surface area contributed by atoms with Crippen LogP contribution in [0.5, 0.6) is 0 Å². The molecule has 2 aromatic carbocycles. The van der Waals surface area contributed by atoms with Crippen molar-refractivity contribution in [2.24, 2.45) is 0 Å². The number of nitrogens with one attached hydrogen (secondary N) is 2. The standard InChI is InChI=1S/C17H19FN2O/c1-3-10-20-16-9-8-14(11-15(16)18)12-4-6-13(7-5-12)17(21)19-2/h4-9,11,20H,3,10H2,1-2H3,(H,19,21). The molecule has 1 amide bonds. The first-order valence-electron chi connectivity index (χ1n) is 7.01. The van der Waals surface area contributed by atoms with Crippen LogP contribution >= 0.6 is 0 Å². The highest BCUT2D eigenvalue weighted by atomic mass is 19.1. The van der Waals surface area contributed by atoms with E-state index in [9.17, 15) is 9.18 Å². The van der Waals surface area contributed by atoms with Gasteiger partial charge in [0.15, 0.2) is 0 Å². The van der Waals surface area contributed by atoms with E-state index in [0.717, 1.165) is 24.1 Å². The average Bonchev–Trinajstić information content (AvgIpc) is 2.53. The van der Waals surface area contributed by atoms with E-state index in [4.69, 9.17) is 0 Å². The van der Waals surface area contributed by atoms with Crippen molar-refractivity contribution in [1.29, 1.82) is 0 Å². The fraction of sp³-hybridized carbons (Fsp3) is 0.235. The summed E-state index contributed by atoms with van der Waals surface area (Å²) in [6, 6.07) is 12.2. The van der Waals surface area contributed by atoms with Gasteiger partial charge in [0, 0.05) is 19.2 Å². The molecule has 3 nitrogen and oxygen atoms in total. The number of hydrogen-bond donors (Lipinski definition) is 2. The Balaban J connectivity index is 2.22. The summed E-state index contributed by atoms with van der Waals surface area (Å²) >= 11 is 0. The van der Waals surface area contributed by atoms with Gasteiger partial charge in [0.2, 0.25) is 0 Å². The van der Waals surface area contributed by atoms with Gasteiger partial charge in [0.25, 0.3) is 5.91 Å². The zero-order valence-corrected chi connectivity index (χ0v) is 12.2. The lowest BCUT2D eigenvalue weighted by molar-refractivity contribution is 0.0963. The van der Waals surface area contributed by atoms with Crippen molar-refractivity contribution in [1.82, 2.24) is 5.32 Å². The van der Waals surface area contributed by atoms with E-state index in [0.29, 0.717) is 11.3 Å². The van der Waals surface area contributed by atoms with Gasteiger partial charge in [-0.25, -0.2) is 4.39 Å². The highest BCUT2D eigenvalue weighted by molar-refractivity contribution is 5.94. The molecule has 21 heavy (non-hydrogen) atoms. The van der Waals surface area contributed by atoms with Crippen LogP contribution in [0, 0.1) is 5.82 Å². The molecule has 0 atom stereocenters. The highest BCUT2D eigenvalue weighted by Gasteiger charge is 2.06. The van der Waals surface area contributed by atoms with E-state index in [1.165, 1.54) is 6.07 Å². The number of halogens is 1. The molecule has 110 valence electrons. The van der Waals surface area contributed by atoms with E-state index in [2.05, 4.69) is 10.6 Å². The van der Waals surface area contributed by atoms with Crippen LogP contribution in [0.25, 0.3) is 11.1 Å². The van der Waals surface area contributed by atoms with E-state index < -0.39 is 0 Å². The van der Waals surface area contributed by atoms with Gasteiger partial charge in [-0.1, -0.05) is 25.1 Å². The summed E-state index contributed by atoms with van der Waals surface area (Å²) in [7, 11) is 1.59. The van der Waals surface area contributed by atoms with Crippen molar-refractivity contribution in [2.75, 3.05) is 18.9 Å².